The topological polar surface area (TPSA) is 105 Å². The van der Waals surface area contributed by atoms with Crippen molar-refractivity contribution in [3.05, 3.63) is 24.5 Å². The molecule has 3 aromatic heterocycles. The number of methoxy groups -OCH3 is 1. The summed E-state index contributed by atoms with van der Waals surface area (Å²) < 4.78 is 33.5. The van der Waals surface area contributed by atoms with Crippen LogP contribution in [0.4, 0.5) is 5.82 Å². The molecule has 0 saturated carbocycles. The lowest BCUT2D eigenvalue weighted by Crippen LogP contribution is -2.28. The third-order valence-electron chi connectivity index (χ3n) is 4.07. The summed E-state index contributed by atoms with van der Waals surface area (Å²) in [6, 6.07) is 3.32. The molecule has 0 atom stereocenters. The van der Waals surface area contributed by atoms with E-state index in [2.05, 4.69) is 10.1 Å². The van der Waals surface area contributed by atoms with Gasteiger partial charge in [0, 0.05) is 25.4 Å². The molecule has 0 aliphatic heterocycles. The summed E-state index contributed by atoms with van der Waals surface area (Å²) >= 11 is 0. The molecule has 0 spiro atoms. The number of pyridine rings is 1. The van der Waals surface area contributed by atoms with Crippen LogP contribution in [-0.4, -0.2) is 39.4 Å². The van der Waals surface area contributed by atoms with Crippen molar-refractivity contribution in [3.63, 3.8) is 0 Å². The number of nitrogen functional groups attached to an aromatic ring is 1. The molecular weight excluding hydrogens is 342 g/mol. The summed E-state index contributed by atoms with van der Waals surface area (Å²) in [5, 5.41) is 4.34. The summed E-state index contributed by atoms with van der Waals surface area (Å²) in [7, 11) is -0.436. The normalized spacial score (nSPS) is 12.7. The predicted molar refractivity (Wildman–Crippen MR) is 95.3 cm³/mol. The van der Waals surface area contributed by atoms with Gasteiger partial charge in [-0.2, -0.15) is 5.10 Å². The number of rotatable bonds is 3. The molecule has 0 aliphatic carbocycles. The van der Waals surface area contributed by atoms with E-state index in [0.717, 1.165) is 0 Å². The first-order valence-electron chi connectivity index (χ1n) is 7.66. The Labute approximate surface area is 146 Å². The fourth-order valence-electron chi connectivity index (χ4n) is 2.47. The summed E-state index contributed by atoms with van der Waals surface area (Å²) in [5.74, 6) is 0.765. The van der Waals surface area contributed by atoms with Crippen LogP contribution in [0.1, 0.15) is 20.8 Å². The van der Waals surface area contributed by atoms with Crippen LogP contribution in [0.25, 0.3) is 17.0 Å². The number of fused-ring (bicyclic) bond motifs is 1. The number of anilines is 1. The van der Waals surface area contributed by atoms with E-state index in [9.17, 15) is 8.42 Å². The van der Waals surface area contributed by atoms with Crippen molar-refractivity contribution in [1.82, 2.24) is 19.2 Å². The molecule has 0 aliphatic rings. The molecule has 0 aromatic carbocycles. The van der Waals surface area contributed by atoms with Crippen molar-refractivity contribution >= 4 is 21.3 Å². The van der Waals surface area contributed by atoms with Crippen molar-refractivity contribution < 1.29 is 13.2 Å². The number of hydrogen-bond donors (Lipinski definition) is 1. The SMILES string of the molecule is COc1cc2ncc(-c3cc(N)n(C)n3)n2cc1S(=O)(=O)C(C)(C)C. The lowest BCUT2D eigenvalue weighted by molar-refractivity contribution is 0.401. The molecule has 3 heterocycles. The Morgan fingerprint density at radius 1 is 1.24 bits per heavy atom. The average molecular weight is 363 g/mol. The first kappa shape index (κ1) is 17.3. The second-order valence-corrected chi connectivity index (χ2v) is 9.44. The van der Waals surface area contributed by atoms with E-state index in [1.807, 2.05) is 0 Å². The van der Waals surface area contributed by atoms with Crippen molar-refractivity contribution in [3.8, 4) is 17.1 Å². The van der Waals surface area contributed by atoms with Crippen molar-refractivity contribution in [2.75, 3.05) is 12.8 Å². The fourth-order valence-corrected chi connectivity index (χ4v) is 3.79. The highest BCUT2D eigenvalue weighted by atomic mass is 32.2. The predicted octanol–water partition coefficient (Wildman–Crippen LogP) is 1.90. The Hall–Kier alpha value is -2.55. The highest BCUT2D eigenvalue weighted by molar-refractivity contribution is 7.92. The van der Waals surface area contributed by atoms with E-state index in [-0.39, 0.29) is 10.6 Å². The Balaban J connectivity index is 2.31. The molecule has 0 fully saturated rings. The van der Waals surface area contributed by atoms with Crippen LogP contribution >= 0.6 is 0 Å². The molecule has 134 valence electrons. The zero-order valence-electron chi connectivity index (χ0n) is 14.8. The van der Waals surface area contributed by atoms with Gasteiger partial charge in [0.2, 0.25) is 0 Å². The Morgan fingerprint density at radius 2 is 1.92 bits per heavy atom. The quantitative estimate of drug-likeness (QED) is 0.762. The smallest absolute Gasteiger partial charge is 0.188 e. The van der Waals surface area contributed by atoms with Crippen LogP contribution in [0.15, 0.2) is 29.4 Å². The number of hydrogen-bond acceptors (Lipinski definition) is 6. The highest BCUT2D eigenvalue weighted by Crippen LogP contribution is 2.34. The van der Waals surface area contributed by atoms with E-state index in [1.54, 1.807) is 55.2 Å². The lowest BCUT2D eigenvalue weighted by atomic mass is 10.3. The van der Waals surface area contributed by atoms with Crippen LogP contribution in [0.3, 0.4) is 0 Å². The van der Waals surface area contributed by atoms with Gasteiger partial charge < -0.3 is 10.5 Å². The second kappa shape index (κ2) is 5.48. The van der Waals surface area contributed by atoms with Crippen LogP contribution in [0, 0.1) is 0 Å². The molecule has 0 bridgehead atoms. The largest absolute Gasteiger partial charge is 0.495 e. The zero-order valence-corrected chi connectivity index (χ0v) is 15.6. The van der Waals surface area contributed by atoms with E-state index in [0.29, 0.717) is 22.9 Å². The molecule has 3 rings (SSSR count). The average Bonchev–Trinajstić information content (AvgIpc) is 3.08. The maximum absolute atomic E-state index is 13.0. The van der Waals surface area contributed by atoms with Gasteiger partial charge in [-0.1, -0.05) is 0 Å². The molecule has 0 saturated heterocycles. The van der Waals surface area contributed by atoms with Gasteiger partial charge in [-0.05, 0) is 20.8 Å². The minimum Gasteiger partial charge on any atom is -0.495 e. The molecule has 9 heteroatoms. The molecular formula is C16H21N5O3S. The Kier molecular flexibility index (Phi) is 3.79. The van der Waals surface area contributed by atoms with Crippen LogP contribution in [-0.2, 0) is 16.9 Å². The summed E-state index contributed by atoms with van der Waals surface area (Å²) in [5.41, 5.74) is 7.66. The molecule has 25 heavy (non-hydrogen) atoms. The van der Waals surface area contributed by atoms with Crippen LogP contribution < -0.4 is 10.5 Å². The van der Waals surface area contributed by atoms with Crippen LogP contribution in [0.2, 0.25) is 0 Å². The maximum atomic E-state index is 13.0. The van der Waals surface area contributed by atoms with E-state index in [1.165, 1.54) is 13.3 Å². The van der Waals surface area contributed by atoms with E-state index in [4.69, 9.17) is 10.5 Å². The van der Waals surface area contributed by atoms with Gasteiger partial charge in [0.05, 0.1) is 23.7 Å². The van der Waals surface area contributed by atoms with Crippen LogP contribution in [0.5, 0.6) is 5.75 Å². The molecule has 3 aromatic rings. The molecule has 2 N–H and O–H groups in total. The number of ether oxygens (including phenoxy) is 1. The first-order chi connectivity index (χ1) is 11.6. The Bertz CT molecular complexity index is 1040. The number of aromatic nitrogens is 4. The standard InChI is InChI=1S/C16H21N5O3S/c1-16(2,3)25(22,23)13-9-21-11(10-6-14(17)20(4)19-10)8-18-15(21)7-12(13)24-5/h6-9H,17H2,1-5H3. The van der Waals surface area contributed by atoms with Gasteiger partial charge in [0.15, 0.2) is 9.84 Å². The first-order valence-corrected chi connectivity index (χ1v) is 9.14. The lowest BCUT2D eigenvalue weighted by Gasteiger charge is -2.21. The van der Waals surface area contributed by atoms with E-state index >= 15 is 0 Å². The summed E-state index contributed by atoms with van der Waals surface area (Å²) in [4.78, 5) is 4.44. The monoisotopic (exact) mass is 363 g/mol. The number of nitrogens with two attached hydrogens (primary N) is 1. The minimum atomic E-state index is -3.61. The van der Waals surface area contributed by atoms with Gasteiger partial charge in [0.25, 0.3) is 0 Å². The zero-order chi connectivity index (χ0) is 18.6. The molecule has 0 amide bonds. The fraction of sp³-hybridized carbons (Fsp3) is 0.375. The van der Waals surface area contributed by atoms with Gasteiger partial charge in [-0.15, -0.1) is 0 Å². The van der Waals surface area contributed by atoms with Gasteiger partial charge in [-0.25, -0.2) is 13.4 Å². The van der Waals surface area contributed by atoms with Gasteiger partial charge in [-0.3, -0.25) is 9.08 Å². The van der Waals surface area contributed by atoms with Gasteiger partial charge in [0.1, 0.15) is 27.8 Å². The maximum Gasteiger partial charge on any atom is 0.188 e. The number of aryl methyl sites for hydroxylation is 1. The van der Waals surface area contributed by atoms with E-state index < -0.39 is 14.6 Å². The number of sulfone groups is 1. The van der Waals surface area contributed by atoms with Gasteiger partial charge >= 0.3 is 0 Å². The number of imidazole rings is 1. The van der Waals surface area contributed by atoms with Crippen molar-refractivity contribution in [1.29, 1.82) is 0 Å². The Morgan fingerprint density at radius 3 is 2.44 bits per heavy atom. The van der Waals surface area contributed by atoms with Crippen molar-refractivity contribution in [2.45, 2.75) is 30.4 Å². The molecule has 0 radical (unpaired) electrons. The summed E-state index contributed by atoms with van der Waals surface area (Å²) in [6.45, 7) is 4.96. The third-order valence-corrected chi connectivity index (χ3v) is 6.57. The summed E-state index contributed by atoms with van der Waals surface area (Å²) in [6.07, 6.45) is 3.16. The molecule has 8 nitrogen and oxygen atoms in total. The highest BCUT2D eigenvalue weighted by Gasteiger charge is 2.34. The third kappa shape index (κ3) is 2.64. The second-order valence-electron chi connectivity index (χ2n) is 6.77. The molecule has 0 unspecified atom stereocenters. The minimum absolute atomic E-state index is 0.109. The van der Waals surface area contributed by atoms with Crippen molar-refractivity contribution in [2.24, 2.45) is 7.05 Å². The number of nitrogens with zero attached hydrogens (tertiary/aromatic N) is 4.